The van der Waals surface area contributed by atoms with Crippen molar-refractivity contribution in [3.8, 4) is 12.1 Å². The van der Waals surface area contributed by atoms with E-state index in [-0.39, 0.29) is 5.71 Å². The summed E-state index contributed by atoms with van der Waals surface area (Å²) >= 11 is 0. The van der Waals surface area contributed by atoms with E-state index in [1.54, 1.807) is 43.3 Å². The first-order valence-corrected chi connectivity index (χ1v) is 4.59. The average Bonchev–Trinajstić information content (AvgIpc) is 2.31. The molecule has 1 rings (SSSR count). The standard InChI is InChI=1S/C11H10N4O/c1-8(16)9-3-2-4-10(5-9)14-15-11(6-12)7-13/h2-5,8,14,16H,1H3. The van der Waals surface area contributed by atoms with Crippen LogP contribution in [0.5, 0.6) is 0 Å². The minimum Gasteiger partial charge on any atom is -0.389 e. The third-order valence-corrected chi connectivity index (χ3v) is 1.88. The maximum absolute atomic E-state index is 9.35. The van der Waals surface area contributed by atoms with Crippen LogP contribution in [0, 0.1) is 22.7 Å². The number of aliphatic hydroxyl groups excluding tert-OH is 1. The monoisotopic (exact) mass is 214 g/mol. The topological polar surface area (TPSA) is 92.2 Å². The molecule has 2 N–H and O–H groups in total. The molecule has 16 heavy (non-hydrogen) atoms. The molecular formula is C11H10N4O. The van der Waals surface area contributed by atoms with Gasteiger partial charge in [0.05, 0.1) is 11.8 Å². The Morgan fingerprint density at radius 1 is 1.44 bits per heavy atom. The Morgan fingerprint density at radius 2 is 2.12 bits per heavy atom. The molecule has 0 aliphatic heterocycles. The number of nitriles is 2. The van der Waals surface area contributed by atoms with E-state index >= 15 is 0 Å². The highest BCUT2D eigenvalue weighted by Gasteiger charge is 2.01. The zero-order chi connectivity index (χ0) is 12.0. The Balaban J connectivity index is 2.84. The molecule has 0 fully saturated rings. The molecule has 0 radical (unpaired) electrons. The van der Waals surface area contributed by atoms with Crippen LogP contribution in [0.4, 0.5) is 5.69 Å². The zero-order valence-electron chi connectivity index (χ0n) is 8.68. The molecule has 0 aromatic heterocycles. The van der Waals surface area contributed by atoms with Gasteiger partial charge in [-0.2, -0.15) is 15.6 Å². The van der Waals surface area contributed by atoms with Crippen LogP contribution < -0.4 is 5.43 Å². The van der Waals surface area contributed by atoms with Crippen molar-refractivity contribution in [2.75, 3.05) is 5.43 Å². The van der Waals surface area contributed by atoms with Gasteiger partial charge in [0.2, 0.25) is 5.71 Å². The predicted molar refractivity (Wildman–Crippen MR) is 59.4 cm³/mol. The molecule has 0 heterocycles. The molecule has 0 aliphatic rings. The molecule has 0 amide bonds. The molecule has 0 saturated carbocycles. The Labute approximate surface area is 93.3 Å². The Kier molecular flexibility index (Phi) is 4.02. The molecule has 1 unspecified atom stereocenters. The number of hydrogen-bond donors (Lipinski definition) is 2. The molecule has 0 aliphatic carbocycles. The first kappa shape index (κ1) is 11.7. The Morgan fingerprint density at radius 3 is 2.69 bits per heavy atom. The largest absolute Gasteiger partial charge is 0.389 e. The number of benzene rings is 1. The van der Waals surface area contributed by atoms with Crippen molar-refractivity contribution in [1.29, 1.82) is 10.5 Å². The van der Waals surface area contributed by atoms with Gasteiger partial charge >= 0.3 is 0 Å². The maximum atomic E-state index is 9.35. The lowest BCUT2D eigenvalue weighted by molar-refractivity contribution is 0.199. The summed E-state index contributed by atoms with van der Waals surface area (Å²) in [5.74, 6) is 0. The van der Waals surface area contributed by atoms with E-state index in [0.29, 0.717) is 5.69 Å². The maximum Gasteiger partial charge on any atom is 0.237 e. The number of aliphatic hydroxyl groups is 1. The second-order valence-electron chi connectivity index (χ2n) is 3.10. The summed E-state index contributed by atoms with van der Waals surface area (Å²) in [6.07, 6.45) is -0.572. The van der Waals surface area contributed by atoms with Gasteiger partial charge in [-0.05, 0) is 24.6 Å². The quantitative estimate of drug-likeness (QED) is 0.589. The van der Waals surface area contributed by atoms with Gasteiger partial charge in [0.25, 0.3) is 0 Å². The van der Waals surface area contributed by atoms with Gasteiger partial charge in [0.15, 0.2) is 0 Å². The highest BCUT2D eigenvalue weighted by Crippen LogP contribution is 2.16. The normalized spacial score (nSPS) is 10.8. The van der Waals surface area contributed by atoms with Gasteiger partial charge in [-0.3, -0.25) is 5.43 Å². The molecule has 1 aromatic carbocycles. The summed E-state index contributed by atoms with van der Waals surface area (Å²) in [5.41, 5.74) is 3.67. The number of rotatable bonds is 3. The zero-order valence-corrected chi connectivity index (χ0v) is 8.68. The van der Waals surface area contributed by atoms with Crippen molar-refractivity contribution in [3.63, 3.8) is 0 Å². The molecular weight excluding hydrogens is 204 g/mol. The minimum atomic E-state index is -0.572. The van der Waals surface area contributed by atoms with Crippen molar-refractivity contribution >= 4 is 11.4 Å². The first-order chi connectivity index (χ1) is 7.67. The van der Waals surface area contributed by atoms with Crippen molar-refractivity contribution < 1.29 is 5.11 Å². The molecule has 0 bridgehead atoms. The van der Waals surface area contributed by atoms with Crippen molar-refractivity contribution in [2.24, 2.45) is 5.10 Å². The Hall–Kier alpha value is -2.37. The number of anilines is 1. The van der Waals surface area contributed by atoms with E-state index < -0.39 is 6.10 Å². The molecule has 80 valence electrons. The van der Waals surface area contributed by atoms with E-state index in [9.17, 15) is 5.11 Å². The van der Waals surface area contributed by atoms with E-state index in [1.807, 2.05) is 0 Å². The van der Waals surface area contributed by atoms with Gasteiger partial charge < -0.3 is 5.11 Å². The van der Waals surface area contributed by atoms with Gasteiger partial charge in [-0.25, -0.2) is 0 Å². The fraction of sp³-hybridized carbons (Fsp3) is 0.182. The highest BCUT2D eigenvalue weighted by atomic mass is 16.3. The van der Waals surface area contributed by atoms with Gasteiger partial charge in [0, 0.05) is 0 Å². The Bertz CT molecular complexity index is 463. The van der Waals surface area contributed by atoms with E-state index in [1.165, 1.54) is 0 Å². The lowest BCUT2D eigenvalue weighted by Crippen LogP contribution is -1.97. The summed E-state index contributed by atoms with van der Waals surface area (Å²) in [5, 5.41) is 29.9. The van der Waals surface area contributed by atoms with Gasteiger partial charge in [-0.1, -0.05) is 12.1 Å². The van der Waals surface area contributed by atoms with E-state index in [0.717, 1.165) is 5.56 Å². The summed E-state index contributed by atoms with van der Waals surface area (Å²) in [6, 6.07) is 10.2. The summed E-state index contributed by atoms with van der Waals surface area (Å²) in [6.45, 7) is 1.65. The summed E-state index contributed by atoms with van der Waals surface area (Å²) in [4.78, 5) is 0. The van der Waals surface area contributed by atoms with Crippen LogP contribution in [0.15, 0.2) is 29.4 Å². The fourth-order valence-electron chi connectivity index (χ4n) is 1.06. The van der Waals surface area contributed by atoms with Gasteiger partial charge in [-0.15, -0.1) is 0 Å². The van der Waals surface area contributed by atoms with Crippen molar-refractivity contribution in [2.45, 2.75) is 13.0 Å². The van der Waals surface area contributed by atoms with Crippen LogP contribution in [0.2, 0.25) is 0 Å². The van der Waals surface area contributed by atoms with Crippen LogP contribution in [-0.4, -0.2) is 10.8 Å². The van der Waals surface area contributed by atoms with Crippen LogP contribution >= 0.6 is 0 Å². The number of hydrogen-bond acceptors (Lipinski definition) is 5. The number of nitrogens with zero attached hydrogens (tertiary/aromatic N) is 3. The number of hydrazone groups is 1. The molecule has 5 heteroatoms. The van der Waals surface area contributed by atoms with Crippen LogP contribution in [0.3, 0.4) is 0 Å². The van der Waals surface area contributed by atoms with Crippen molar-refractivity contribution in [1.82, 2.24) is 0 Å². The molecule has 5 nitrogen and oxygen atoms in total. The van der Waals surface area contributed by atoms with E-state index in [2.05, 4.69) is 10.5 Å². The molecule has 1 atom stereocenters. The second kappa shape index (κ2) is 5.50. The molecule has 1 aromatic rings. The third kappa shape index (κ3) is 3.09. The van der Waals surface area contributed by atoms with E-state index in [4.69, 9.17) is 10.5 Å². The summed E-state index contributed by atoms with van der Waals surface area (Å²) < 4.78 is 0. The van der Waals surface area contributed by atoms with Gasteiger partial charge in [0.1, 0.15) is 12.1 Å². The predicted octanol–water partition coefficient (Wildman–Crippen LogP) is 1.55. The highest BCUT2D eigenvalue weighted by molar-refractivity contribution is 6.10. The molecule has 0 spiro atoms. The number of nitrogens with one attached hydrogen (secondary N) is 1. The lowest BCUT2D eigenvalue weighted by Gasteiger charge is -2.06. The minimum absolute atomic E-state index is 0.248. The lowest BCUT2D eigenvalue weighted by atomic mass is 10.1. The first-order valence-electron chi connectivity index (χ1n) is 4.59. The second-order valence-corrected chi connectivity index (χ2v) is 3.10. The SMILES string of the molecule is CC(O)c1cccc(NN=C(C#N)C#N)c1. The van der Waals surface area contributed by atoms with Crippen molar-refractivity contribution in [3.05, 3.63) is 29.8 Å². The molecule has 0 saturated heterocycles. The smallest absolute Gasteiger partial charge is 0.237 e. The third-order valence-electron chi connectivity index (χ3n) is 1.88. The van der Waals surface area contributed by atoms with Crippen LogP contribution in [0.25, 0.3) is 0 Å². The summed E-state index contributed by atoms with van der Waals surface area (Å²) in [7, 11) is 0. The van der Waals surface area contributed by atoms with Crippen LogP contribution in [0.1, 0.15) is 18.6 Å². The van der Waals surface area contributed by atoms with Crippen LogP contribution in [-0.2, 0) is 0 Å². The fourth-order valence-corrected chi connectivity index (χ4v) is 1.06. The average molecular weight is 214 g/mol.